The Balaban J connectivity index is 2.23. The lowest BCUT2D eigenvalue weighted by atomic mass is 9.96. The van der Waals surface area contributed by atoms with Crippen molar-refractivity contribution < 1.29 is 4.79 Å². The lowest BCUT2D eigenvalue weighted by Gasteiger charge is -2.27. The van der Waals surface area contributed by atoms with Gasteiger partial charge < -0.3 is 10.2 Å². The molecule has 1 amide bonds. The van der Waals surface area contributed by atoms with Gasteiger partial charge in [0.25, 0.3) is 0 Å². The fourth-order valence-electron chi connectivity index (χ4n) is 2.23. The van der Waals surface area contributed by atoms with E-state index in [0.29, 0.717) is 5.91 Å². The van der Waals surface area contributed by atoms with Crippen molar-refractivity contribution in [3.8, 4) is 0 Å². The number of nitrogens with zero attached hydrogens (tertiary/aromatic N) is 1. The smallest absolute Gasteiger partial charge is 0.225 e. The minimum atomic E-state index is 0.269. The average molecular weight is 226 g/mol. The fourth-order valence-corrected chi connectivity index (χ4v) is 2.23. The van der Waals surface area contributed by atoms with Gasteiger partial charge in [0.2, 0.25) is 5.91 Å². The van der Waals surface area contributed by atoms with Crippen molar-refractivity contribution in [2.75, 3.05) is 26.7 Å². The molecule has 3 nitrogen and oxygen atoms in total. The lowest BCUT2D eigenvalue weighted by molar-refractivity contribution is -0.135. The maximum atomic E-state index is 12.1. The van der Waals surface area contributed by atoms with Crippen LogP contribution in [0.25, 0.3) is 0 Å². The number of piperidine rings is 1. The van der Waals surface area contributed by atoms with E-state index in [0.717, 1.165) is 44.8 Å². The van der Waals surface area contributed by atoms with E-state index >= 15 is 0 Å². The van der Waals surface area contributed by atoms with Crippen molar-refractivity contribution in [1.29, 1.82) is 0 Å². The molecule has 0 aromatic rings. The molecular weight excluding hydrogens is 200 g/mol. The predicted octanol–water partition coefficient (Wildman–Crippen LogP) is 1.88. The van der Waals surface area contributed by atoms with Gasteiger partial charge in [-0.25, -0.2) is 0 Å². The molecular formula is C13H26N2O. The number of carbonyl (C=O) groups excluding carboxylic acids is 1. The molecule has 16 heavy (non-hydrogen) atoms. The summed E-state index contributed by atoms with van der Waals surface area (Å²) >= 11 is 0. The summed E-state index contributed by atoms with van der Waals surface area (Å²) in [4.78, 5) is 14.0. The van der Waals surface area contributed by atoms with Gasteiger partial charge >= 0.3 is 0 Å². The summed E-state index contributed by atoms with van der Waals surface area (Å²) in [5.74, 6) is 1.36. The van der Waals surface area contributed by atoms with Crippen LogP contribution in [0.3, 0.4) is 0 Å². The molecule has 0 bridgehead atoms. The maximum Gasteiger partial charge on any atom is 0.225 e. The fraction of sp³-hybridized carbons (Fsp3) is 0.923. The minimum Gasteiger partial charge on any atom is -0.346 e. The summed E-state index contributed by atoms with van der Waals surface area (Å²) in [6.45, 7) is 7.37. The zero-order chi connectivity index (χ0) is 12.0. The van der Waals surface area contributed by atoms with Crippen molar-refractivity contribution >= 4 is 5.91 Å². The van der Waals surface area contributed by atoms with Gasteiger partial charge in [-0.3, -0.25) is 4.79 Å². The highest BCUT2D eigenvalue weighted by atomic mass is 16.2. The molecule has 0 unspecified atom stereocenters. The van der Waals surface area contributed by atoms with E-state index in [1.165, 1.54) is 6.42 Å². The van der Waals surface area contributed by atoms with E-state index in [1.807, 2.05) is 11.9 Å². The van der Waals surface area contributed by atoms with E-state index in [1.54, 1.807) is 0 Å². The van der Waals surface area contributed by atoms with Crippen LogP contribution in [0.1, 0.15) is 39.5 Å². The predicted molar refractivity (Wildman–Crippen MR) is 67.3 cm³/mol. The molecule has 0 aromatic heterocycles. The number of hydrogen-bond donors (Lipinski definition) is 1. The van der Waals surface area contributed by atoms with Crippen LogP contribution in [0.2, 0.25) is 0 Å². The zero-order valence-electron chi connectivity index (χ0n) is 11.0. The Labute approximate surface area is 99.6 Å². The average Bonchev–Trinajstić information content (AvgIpc) is 2.28. The highest BCUT2D eigenvalue weighted by molar-refractivity contribution is 5.78. The molecule has 0 spiro atoms. The third-order valence-corrected chi connectivity index (χ3v) is 3.34. The first-order valence-corrected chi connectivity index (χ1v) is 6.57. The van der Waals surface area contributed by atoms with Crippen LogP contribution in [0, 0.1) is 11.8 Å². The second kappa shape index (κ2) is 6.89. The molecule has 94 valence electrons. The van der Waals surface area contributed by atoms with E-state index in [4.69, 9.17) is 0 Å². The number of hydrogen-bond acceptors (Lipinski definition) is 2. The molecule has 1 saturated heterocycles. The van der Waals surface area contributed by atoms with Crippen molar-refractivity contribution in [3.63, 3.8) is 0 Å². The van der Waals surface area contributed by atoms with Crippen molar-refractivity contribution in [1.82, 2.24) is 10.2 Å². The van der Waals surface area contributed by atoms with E-state index < -0.39 is 0 Å². The van der Waals surface area contributed by atoms with Gasteiger partial charge in [-0.05, 0) is 44.7 Å². The Hall–Kier alpha value is -0.570. The van der Waals surface area contributed by atoms with Crippen LogP contribution in [-0.2, 0) is 4.79 Å². The topological polar surface area (TPSA) is 32.3 Å². The number of amides is 1. The van der Waals surface area contributed by atoms with Crippen LogP contribution in [0.5, 0.6) is 0 Å². The van der Waals surface area contributed by atoms with E-state index in [2.05, 4.69) is 19.2 Å². The van der Waals surface area contributed by atoms with Crippen molar-refractivity contribution in [3.05, 3.63) is 0 Å². The van der Waals surface area contributed by atoms with Crippen LogP contribution < -0.4 is 5.32 Å². The second-order valence-electron chi connectivity index (χ2n) is 5.32. The largest absolute Gasteiger partial charge is 0.346 e. The van der Waals surface area contributed by atoms with Gasteiger partial charge in [0.1, 0.15) is 0 Å². The second-order valence-corrected chi connectivity index (χ2v) is 5.32. The molecule has 0 atom stereocenters. The Bertz CT molecular complexity index is 210. The Morgan fingerprint density at radius 2 is 2.00 bits per heavy atom. The molecule has 0 aromatic carbocycles. The summed E-state index contributed by atoms with van der Waals surface area (Å²) in [6.07, 6.45) is 4.36. The highest BCUT2D eigenvalue weighted by Crippen LogP contribution is 2.15. The molecule has 3 heteroatoms. The molecule has 1 N–H and O–H groups in total. The Kier molecular flexibility index (Phi) is 5.81. The van der Waals surface area contributed by atoms with Crippen LogP contribution >= 0.6 is 0 Å². The van der Waals surface area contributed by atoms with Gasteiger partial charge in [-0.15, -0.1) is 0 Å². The molecule has 1 aliphatic heterocycles. The molecule has 1 heterocycles. The monoisotopic (exact) mass is 226 g/mol. The number of carbonyl (C=O) groups is 1. The summed E-state index contributed by atoms with van der Waals surface area (Å²) < 4.78 is 0. The van der Waals surface area contributed by atoms with Crippen molar-refractivity contribution in [2.45, 2.75) is 39.5 Å². The highest BCUT2D eigenvalue weighted by Gasteiger charge is 2.23. The number of nitrogens with one attached hydrogen (secondary N) is 1. The van der Waals surface area contributed by atoms with E-state index in [-0.39, 0.29) is 5.92 Å². The SMILES string of the molecule is CC(C)CCCN(C)C(=O)C1CCNCC1. The summed E-state index contributed by atoms with van der Waals surface area (Å²) in [5.41, 5.74) is 0. The minimum absolute atomic E-state index is 0.269. The molecule has 1 fully saturated rings. The van der Waals surface area contributed by atoms with Gasteiger partial charge in [-0.1, -0.05) is 13.8 Å². The van der Waals surface area contributed by atoms with Gasteiger partial charge in [-0.2, -0.15) is 0 Å². The van der Waals surface area contributed by atoms with Crippen LogP contribution in [-0.4, -0.2) is 37.5 Å². The van der Waals surface area contributed by atoms with Gasteiger partial charge in [0, 0.05) is 19.5 Å². The van der Waals surface area contributed by atoms with E-state index in [9.17, 15) is 4.79 Å². The quantitative estimate of drug-likeness (QED) is 0.776. The van der Waals surface area contributed by atoms with Crippen molar-refractivity contribution in [2.24, 2.45) is 11.8 Å². The molecule has 1 rings (SSSR count). The first-order valence-electron chi connectivity index (χ1n) is 6.57. The Morgan fingerprint density at radius 1 is 1.38 bits per heavy atom. The van der Waals surface area contributed by atoms with Gasteiger partial charge in [0.15, 0.2) is 0 Å². The number of rotatable bonds is 5. The third-order valence-electron chi connectivity index (χ3n) is 3.34. The summed E-state index contributed by atoms with van der Waals surface area (Å²) in [6, 6.07) is 0. The molecule has 1 aliphatic rings. The Morgan fingerprint density at radius 3 is 2.56 bits per heavy atom. The zero-order valence-corrected chi connectivity index (χ0v) is 11.0. The first-order chi connectivity index (χ1) is 7.61. The molecule has 0 radical (unpaired) electrons. The summed E-state index contributed by atoms with van der Waals surface area (Å²) in [5, 5.41) is 3.30. The molecule has 0 aliphatic carbocycles. The third kappa shape index (κ3) is 4.52. The normalized spacial score (nSPS) is 17.8. The summed E-state index contributed by atoms with van der Waals surface area (Å²) in [7, 11) is 1.95. The van der Waals surface area contributed by atoms with Crippen LogP contribution in [0.4, 0.5) is 0 Å². The maximum absolute atomic E-state index is 12.1. The van der Waals surface area contributed by atoms with Gasteiger partial charge in [0.05, 0.1) is 0 Å². The standard InChI is InChI=1S/C13H26N2O/c1-11(2)5-4-10-15(3)13(16)12-6-8-14-9-7-12/h11-12,14H,4-10H2,1-3H3. The van der Waals surface area contributed by atoms with Crippen LogP contribution in [0.15, 0.2) is 0 Å². The molecule has 0 saturated carbocycles. The first kappa shape index (κ1) is 13.5. The lowest BCUT2D eigenvalue weighted by Crippen LogP contribution is -2.39.